The molecule has 2 aliphatic rings. The summed E-state index contributed by atoms with van der Waals surface area (Å²) in [4.78, 5) is 14.9. The lowest BCUT2D eigenvalue weighted by atomic mass is 9.95. The van der Waals surface area contributed by atoms with E-state index >= 15 is 0 Å². The normalized spacial score (nSPS) is 23.3. The molecule has 0 radical (unpaired) electrons. The molecule has 1 amide bonds. The van der Waals surface area contributed by atoms with Crippen molar-refractivity contribution in [3.05, 3.63) is 11.5 Å². The lowest BCUT2D eigenvalue weighted by molar-refractivity contribution is -0.138. The van der Waals surface area contributed by atoms with Crippen molar-refractivity contribution < 1.29 is 17.7 Å². The minimum Gasteiger partial charge on any atom is -0.360 e. The van der Waals surface area contributed by atoms with Gasteiger partial charge in [-0.2, -0.15) is 4.31 Å². The molecule has 1 aromatic rings. The Balaban J connectivity index is 1.63. The van der Waals surface area contributed by atoms with E-state index in [2.05, 4.69) is 10.5 Å². The Bertz CT molecular complexity index is 733. The van der Waals surface area contributed by atoms with Crippen LogP contribution in [0.2, 0.25) is 0 Å². The molecule has 8 nitrogen and oxygen atoms in total. The van der Waals surface area contributed by atoms with Gasteiger partial charge in [-0.05, 0) is 46.6 Å². The number of aryl methyl sites for hydroxylation is 2. The van der Waals surface area contributed by atoms with Gasteiger partial charge in [0.05, 0.1) is 0 Å². The predicted octanol–water partition coefficient (Wildman–Crippen LogP) is 0.903. The first kappa shape index (κ1) is 19.3. The fraction of sp³-hybridized carbons (Fsp3) is 0.765. The first-order chi connectivity index (χ1) is 12.3. The van der Waals surface area contributed by atoms with Crippen molar-refractivity contribution in [1.29, 1.82) is 0 Å². The number of likely N-dealkylation sites (N-methyl/N-ethyl adjacent to an activating group) is 1. The summed E-state index contributed by atoms with van der Waals surface area (Å²) in [6.45, 7) is 5.49. The van der Waals surface area contributed by atoms with Crippen molar-refractivity contribution >= 4 is 15.9 Å². The summed E-state index contributed by atoms with van der Waals surface area (Å²) >= 11 is 0. The zero-order valence-electron chi connectivity index (χ0n) is 15.7. The minimum atomic E-state index is -3.62. The number of hydrogen-bond donors (Lipinski definition) is 1. The van der Waals surface area contributed by atoms with Crippen LogP contribution < -0.4 is 5.32 Å². The second-order valence-electron chi connectivity index (χ2n) is 7.24. The summed E-state index contributed by atoms with van der Waals surface area (Å²) in [5, 5.41) is 7.00. The molecule has 0 aliphatic carbocycles. The number of hydrogen-bond acceptors (Lipinski definition) is 6. The Labute approximate surface area is 154 Å². The van der Waals surface area contributed by atoms with E-state index in [4.69, 9.17) is 4.52 Å². The van der Waals surface area contributed by atoms with Crippen LogP contribution in [0.4, 0.5) is 0 Å². The number of nitrogens with zero attached hydrogens (tertiary/aromatic N) is 3. The van der Waals surface area contributed by atoms with Crippen molar-refractivity contribution in [3.8, 4) is 0 Å². The number of likely N-dealkylation sites (tertiary alicyclic amines) is 1. The summed E-state index contributed by atoms with van der Waals surface area (Å²) in [6, 6.07) is 0.354. The molecule has 3 heterocycles. The number of amides is 1. The van der Waals surface area contributed by atoms with Gasteiger partial charge in [-0.3, -0.25) is 4.79 Å². The van der Waals surface area contributed by atoms with Gasteiger partial charge in [0.1, 0.15) is 10.6 Å². The molecule has 1 unspecified atom stereocenters. The molecule has 0 bridgehead atoms. The monoisotopic (exact) mass is 384 g/mol. The fourth-order valence-electron chi connectivity index (χ4n) is 3.99. The standard InChI is InChI=1S/C17H28N4O4S/c1-12-16(13(2)25-19-12)26(23,24)21-9-6-14(7-10-21)17(22)20-8-4-5-15(11-20)18-3/h14-15,18H,4-11H2,1-3H3. The molecule has 146 valence electrons. The number of sulfonamides is 1. The Morgan fingerprint density at radius 3 is 2.46 bits per heavy atom. The van der Waals surface area contributed by atoms with Gasteiger partial charge in [0.25, 0.3) is 0 Å². The lowest BCUT2D eigenvalue weighted by Gasteiger charge is -2.37. The third kappa shape index (κ3) is 3.65. The summed E-state index contributed by atoms with van der Waals surface area (Å²) in [5.74, 6) is 0.383. The zero-order chi connectivity index (χ0) is 18.9. The van der Waals surface area contributed by atoms with Gasteiger partial charge >= 0.3 is 0 Å². The molecule has 2 fully saturated rings. The van der Waals surface area contributed by atoms with Crippen LogP contribution in [0.25, 0.3) is 0 Å². The van der Waals surface area contributed by atoms with Gasteiger partial charge in [-0.25, -0.2) is 8.42 Å². The average Bonchev–Trinajstić information content (AvgIpc) is 3.00. The number of piperidine rings is 2. The van der Waals surface area contributed by atoms with Crippen LogP contribution in [0.15, 0.2) is 9.42 Å². The van der Waals surface area contributed by atoms with E-state index in [1.165, 1.54) is 4.31 Å². The van der Waals surface area contributed by atoms with Crippen LogP contribution in [0.3, 0.4) is 0 Å². The van der Waals surface area contributed by atoms with Crippen LogP contribution in [-0.2, 0) is 14.8 Å². The van der Waals surface area contributed by atoms with Gasteiger partial charge in [-0.15, -0.1) is 0 Å². The molecule has 2 aliphatic heterocycles. The van der Waals surface area contributed by atoms with Crippen molar-refractivity contribution in [2.75, 3.05) is 33.2 Å². The van der Waals surface area contributed by atoms with E-state index in [0.29, 0.717) is 43.4 Å². The largest absolute Gasteiger partial charge is 0.360 e. The molecule has 1 N–H and O–H groups in total. The summed E-state index contributed by atoms with van der Waals surface area (Å²) in [5.41, 5.74) is 0.382. The number of aromatic nitrogens is 1. The number of nitrogens with one attached hydrogen (secondary N) is 1. The molecule has 0 spiro atoms. The summed E-state index contributed by atoms with van der Waals surface area (Å²) in [7, 11) is -1.70. The Morgan fingerprint density at radius 1 is 1.19 bits per heavy atom. The average molecular weight is 385 g/mol. The fourth-order valence-corrected chi connectivity index (χ4v) is 5.75. The highest BCUT2D eigenvalue weighted by molar-refractivity contribution is 7.89. The van der Waals surface area contributed by atoms with Crippen LogP contribution in [0, 0.1) is 19.8 Å². The van der Waals surface area contributed by atoms with E-state index in [9.17, 15) is 13.2 Å². The first-order valence-corrected chi connectivity index (χ1v) is 10.7. The second kappa shape index (κ2) is 7.66. The Kier molecular flexibility index (Phi) is 5.69. The van der Waals surface area contributed by atoms with Crippen LogP contribution >= 0.6 is 0 Å². The van der Waals surface area contributed by atoms with Gasteiger partial charge in [0, 0.05) is 38.1 Å². The third-order valence-corrected chi connectivity index (χ3v) is 7.65. The van der Waals surface area contributed by atoms with Gasteiger partial charge in [-0.1, -0.05) is 5.16 Å². The topological polar surface area (TPSA) is 95.8 Å². The summed E-state index contributed by atoms with van der Waals surface area (Å²) < 4.78 is 32.2. The molecule has 0 aromatic carbocycles. The molecule has 1 aromatic heterocycles. The molecule has 0 saturated carbocycles. The maximum absolute atomic E-state index is 12.9. The highest BCUT2D eigenvalue weighted by atomic mass is 32.2. The highest BCUT2D eigenvalue weighted by Crippen LogP contribution is 2.28. The van der Waals surface area contributed by atoms with Crippen LogP contribution in [-0.4, -0.2) is 68.0 Å². The smallest absolute Gasteiger partial charge is 0.248 e. The Morgan fingerprint density at radius 2 is 1.88 bits per heavy atom. The first-order valence-electron chi connectivity index (χ1n) is 9.23. The predicted molar refractivity (Wildman–Crippen MR) is 96.1 cm³/mol. The molecule has 26 heavy (non-hydrogen) atoms. The van der Waals surface area contributed by atoms with E-state index < -0.39 is 10.0 Å². The minimum absolute atomic E-state index is 0.0956. The Hall–Kier alpha value is -1.45. The molecular weight excluding hydrogens is 356 g/mol. The van der Waals surface area contributed by atoms with Gasteiger partial charge in [0.15, 0.2) is 5.76 Å². The molecule has 9 heteroatoms. The van der Waals surface area contributed by atoms with Crippen molar-refractivity contribution in [2.45, 2.75) is 50.5 Å². The van der Waals surface area contributed by atoms with Crippen molar-refractivity contribution in [2.24, 2.45) is 5.92 Å². The maximum Gasteiger partial charge on any atom is 0.248 e. The second-order valence-corrected chi connectivity index (χ2v) is 9.12. The van der Waals surface area contributed by atoms with Gasteiger partial charge in [0.2, 0.25) is 15.9 Å². The van der Waals surface area contributed by atoms with E-state index in [1.807, 2.05) is 11.9 Å². The molecule has 3 rings (SSSR count). The van der Waals surface area contributed by atoms with E-state index in [1.54, 1.807) is 13.8 Å². The quantitative estimate of drug-likeness (QED) is 0.829. The number of rotatable bonds is 4. The lowest BCUT2D eigenvalue weighted by Crippen LogP contribution is -2.50. The molecular formula is C17H28N4O4S. The zero-order valence-corrected chi connectivity index (χ0v) is 16.5. The SMILES string of the molecule is CNC1CCCN(C(=O)C2CCN(S(=O)(=O)c3c(C)noc3C)CC2)C1. The molecule has 2 saturated heterocycles. The van der Waals surface area contributed by atoms with E-state index in [-0.39, 0.29) is 16.7 Å². The molecule has 1 atom stereocenters. The van der Waals surface area contributed by atoms with Gasteiger partial charge < -0.3 is 14.7 Å². The number of carbonyl (C=O) groups is 1. The third-order valence-electron chi connectivity index (χ3n) is 5.51. The van der Waals surface area contributed by atoms with Crippen LogP contribution in [0.1, 0.15) is 37.1 Å². The van der Waals surface area contributed by atoms with E-state index in [0.717, 1.165) is 25.9 Å². The summed E-state index contributed by atoms with van der Waals surface area (Å²) in [6.07, 6.45) is 3.22. The van der Waals surface area contributed by atoms with Crippen molar-refractivity contribution in [3.63, 3.8) is 0 Å². The van der Waals surface area contributed by atoms with Crippen molar-refractivity contribution in [1.82, 2.24) is 19.7 Å². The maximum atomic E-state index is 12.9. The number of carbonyl (C=O) groups excluding carboxylic acids is 1. The van der Waals surface area contributed by atoms with Crippen LogP contribution in [0.5, 0.6) is 0 Å². The highest BCUT2D eigenvalue weighted by Gasteiger charge is 2.37.